The van der Waals surface area contributed by atoms with Gasteiger partial charge in [0.05, 0.1) is 0 Å². The van der Waals surface area contributed by atoms with Crippen molar-refractivity contribution in [3.05, 3.63) is 35.9 Å². The van der Waals surface area contributed by atoms with Crippen LogP contribution in [0.4, 0.5) is 8.78 Å². The fourth-order valence-corrected chi connectivity index (χ4v) is 1.49. The van der Waals surface area contributed by atoms with Gasteiger partial charge in [0.1, 0.15) is 0 Å². The second-order valence-corrected chi connectivity index (χ2v) is 3.67. The van der Waals surface area contributed by atoms with Gasteiger partial charge in [-0.3, -0.25) is 0 Å². The molecule has 0 aliphatic heterocycles. The third-order valence-corrected chi connectivity index (χ3v) is 2.39. The molecule has 15 heavy (non-hydrogen) atoms. The lowest BCUT2D eigenvalue weighted by Crippen LogP contribution is -2.13. The number of halogens is 2. The molecule has 2 N–H and O–H groups in total. The Kier molecular flexibility index (Phi) is 4.69. The highest BCUT2D eigenvalue weighted by atomic mass is 19.3. The summed E-state index contributed by atoms with van der Waals surface area (Å²) in [6, 6.07) is 7.98. The van der Waals surface area contributed by atoms with Gasteiger partial charge in [-0.2, -0.15) is 0 Å². The van der Waals surface area contributed by atoms with Gasteiger partial charge in [0.2, 0.25) is 0 Å². The lowest BCUT2D eigenvalue weighted by molar-refractivity contribution is -0.0157. The van der Waals surface area contributed by atoms with E-state index >= 15 is 0 Å². The van der Waals surface area contributed by atoms with Crippen LogP contribution < -0.4 is 5.73 Å². The van der Waals surface area contributed by atoms with Crippen LogP contribution in [0.5, 0.6) is 0 Å². The summed E-state index contributed by atoms with van der Waals surface area (Å²) in [7, 11) is 0. The first-order chi connectivity index (χ1) is 7.17. The molecule has 0 heterocycles. The Morgan fingerprint density at radius 2 is 1.67 bits per heavy atom. The number of nitrogens with two attached hydrogens (primary N) is 1. The molecule has 84 valence electrons. The summed E-state index contributed by atoms with van der Waals surface area (Å²) in [5.41, 5.74) is 5.41. The van der Waals surface area contributed by atoms with Gasteiger partial charge in [-0.25, -0.2) is 8.78 Å². The van der Waals surface area contributed by atoms with Crippen LogP contribution >= 0.6 is 0 Å². The lowest BCUT2D eigenvalue weighted by Gasteiger charge is -2.16. The quantitative estimate of drug-likeness (QED) is 0.721. The highest BCUT2D eigenvalue weighted by Crippen LogP contribution is 2.33. The molecule has 3 heteroatoms. The first-order valence-electron chi connectivity index (χ1n) is 5.30. The van der Waals surface area contributed by atoms with Crippen molar-refractivity contribution in [3.63, 3.8) is 0 Å². The summed E-state index contributed by atoms with van der Waals surface area (Å²) in [4.78, 5) is 0. The summed E-state index contributed by atoms with van der Waals surface area (Å²) in [5, 5.41) is 0. The fraction of sp³-hybridized carbons (Fsp3) is 0.500. The Morgan fingerprint density at radius 1 is 1.00 bits per heavy atom. The van der Waals surface area contributed by atoms with E-state index in [0.717, 1.165) is 12.8 Å². The van der Waals surface area contributed by atoms with Crippen molar-refractivity contribution in [3.8, 4) is 0 Å². The molecule has 1 nitrogen and oxygen atoms in total. The van der Waals surface area contributed by atoms with E-state index in [0.29, 0.717) is 13.0 Å². The van der Waals surface area contributed by atoms with Crippen molar-refractivity contribution in [2.75, 3.05) is 6.54 Å². The third-order valence-electron chi connectivity index (χ3n) is 2.39. The first kappa shape index (κ1) is 12.1. The van der Waals surface area contributed by atoms with Crippen LogP contribution in [0.2, 0.25) is 0 Å². The van der Waals surface area contributed by atoms with Crippen LogP contribution in [0.25, 0.3) is 0 Å². The van der Waals surface area contributed by atoms with Crippen molar-refractivity contribution in [2.45, 2.75) is 31.6 Å². The Balaban J connectivity index is 2.45. The zero-order chi connectivity index (χ0) is 11.1. The van der Waals surface area contributed by atoms with E-state index in [1.165, 1.54) is 12.1 Å². The number of rotatable bonds is 6. The molecule has 0 radical (unpaired) electrons. The lowest BCUT2D eigenvalue weighted by atomic mass is 10.0. The van der Waals surface area contributed by atoms with Gasteiger partial charge in [0.25, 0.3) is 5.92 Å². The van der Waals surface area contributed by atoms with Crippen molar-refractivity contribution in [1.82, 2.24) is 0 Å². The van der Waals surface area contributed by atoms with Crippen LogP contribution in [0.1, 0.15) is 31.2 Å². The van der Waals surface area contributed by atoms with Gasteiger partial charge in [-0.15, -0.1) is 0 Å². The maximum atomic E-state index is 13.6. The minimum Gasteiger partial charge on any atom is -0.330 e. The molecule has 1 aromatic rings. The summed E-state index contributed by atoms with van der Waals surface area (Å²) in [5.74, 6) is -2.70. The van der Waals surface area contributed by atoms with E-state index in [1.54, 1.807) is 18.2 Å². The van der Waals surface area contributed by atoms with E-state index in [2.05, 4.69) is 0 Å². The molecule has 0 saturated carbocycles. The molecule has 0 aliphatic carbocycles. The summed E-state index contributed by atoms with van der Waals surface area (Å²) < 4.78 is 27.1. The van der Waals surface area contributed by atoms with Crippen LogP contribution in [-0.4, -0.2) is 6.54 Å². The van der Waals surface area contributed by atoms with Gasteiger partial charge in [0, 0.05) is 12.0 Å². The van der Waals surface area contributed by atoms with Crippen molar-refractivity contribution < 1.29 is 8.78 Å². The molecule has 0 fully saturated rings. The Morgan fingerprint density at radius 3 is 2.27 bits per heavy atom. The van der Waals surface area contributed by atoms with Crippen LogP contribution in [0.3, 0.4) is 0 Å². The van der Waals surface area contributed by atoms with E-state index in [1.807, 2.05) is 0 Å². The summed E-state index contributed by atoms with van der Waals surface area (Å²) in [6.45, 7) is 0.580. The Hall–Kier alpha value is -0.960. The van der Waals surface area contributed by atoms with E-state index in [9.17, 15) is 8.78 Å². The second-order valence-electron chi connectivity index (χ2n) is 3.67. The van der Waals surface area contributed by atoms with E-state index in [-0.39, 0.29) is 12.0 Å². The predicted octanol–water partition coefficient (Wildman–Crippen LogP) is 3.30. The molecule has 0 aromatic heterocycles. The molecular formula is C12H17F2N. The van der Waals surface area contributed by atoms with Gasteiger partial charge < -0.3 is 5.73 Å². The Bertz CT molecular complexity index is 272. The molecule has 0 bridgehead atoms. The smallest absolute Gasteiger partial charge is 0.273 e. The zero-order valence-corrected chi connectivity index (χ0v) is 8.76. The topological polar surface area (TPSA) is 26.0 Å². The van der Waals surface area contributed by atoms with Gasteiger partial charge >= 0.3 is 0 Å². The molecule has 1 rings (SSSR count). The molecule has 1 aromatic carbocycles. The molecule has 0 saturated heterocycles. The highest BCUT2D eigenvalue weighted by Gasteiger charge is 2.29. The highest BCUT2D eigenvalue weighted by molar-refractivity contribution is 5.19. The van der Waals surface area contributed by atoms with Gasteiger partial charge in [-0.05, 0) is 19.4 Å². The van der Waals surface area contributed by atoms with Crippen molar-refractivity contribution in [2.24, 2.45) is 5.73 Å². The number of hydrogen-bond donors (Lipinski definition) is 1. The van der Waals surface area contributed by atoms with Crippen LogP contribution in [0.15, 0.2) is 30.3 Å². The molecule has 0 spiro atoms. The minimum absolute atomic E-state index is 0.0863. The summed E-state index contributed by atoms with van der Waals surface area (Å²) >= 11 is 0. The maximum Gasteiger partial charge on any atom is 0.273 e. The molecule has 0 unspecified atom stereocenters. The molecular weight excluding hydrogens is 196 g/mol. The first-order valence-corrected chi connectivity index (χ1v) is 5.30. The SMILES string of the molecule is NCCCCCC(F)(F)c1ccccc1. The monoisotopic (exact) mass is 213 g/mol. The maximum absolute atomic E-state index is 13.6. The van der Waals surface area contributed by atoms with Crippen LogP contribution in [-0.2, 0) is 5.92 Å². The fourth-order valence-electron chi connectivity index (χ4n) is 1.49. The number of hydrogen-bond acceptors (Lipinski definition) is 1. The zero-order valence-electron chi connectivity index (χ0n) is 8.76. The average molecular weight is 213 g/mol. The third kappa shape index (κ3) is 3.96. The standard InChI is InChI=1S/C12H17F2N/c13-12(14,9-5-2-6-10-15)11-7-3-1-4-8-11/h1,3-4,7-8H,2,5-6,9-10,15H2. The van der Waals surface area contributed by atoms with E-state index < -0.39 is 5.92 Å². The van der Waals surface area contributed by atoms with Gasteiger partial charge in [0.15, 0.2) is 0 Å². The predicted molar refractivity (Wildman–Crippen MR) is 57.9 cm³/mol. The van der Waals surface area contributed by atoms with Crippen LogP contribution in [0, 0.1) is 0 Å². The summed E-state index contributed by atoms with van der Waals surface area (Å²) in [6.07, 6.45) is 2.04. The minimum atomic E-state index is -2.70. The molecule has 0 atom stereocenters. The van der Waals surface area contributed by atoms with Gasteiger partial charge in [-0.1, -0.05) is 36.8 Å². The number of unbranched alkanes of at least 4 members (excludes halogenated alkanes) is 2. The second kappa shape index (κ2) is 5.81. The number of alkyl halides is 2. The van der Waals surface area contributed by atoms with E-state index in [4.69, 9.17) is 5.73 Å². The number of benzene rings is 1. The van der Waals surface area contributed by atoms with Crippen molar-refractivity contribution >= 4 is 0 Å². The molecule has 0 amide bonds. The Labute approximate surface area is 89.3 Å². The molecule has 0 aliphatic rings. The normalized spacial score (nSPS) is 11.7. The largest absolute Gasteiger partial charge is 0.330 e. The van der Waals surface area contributed by atoms with Crippen molar-refractivity contribution in [1.29, 1.82) is 0 Å². The average Bonchev–Trinajstić information content (AvgIpc) is 2.26.